The number of carbonyl (C=O) groups excluding carboxylic acids is 2. The Morgan fingerprint density at radius 2 is 1.74 bits per heavy atom. The molecule has 7 nitrogen and oxygen atoms in total. The molecule has 9 heteroatoms. The highest BCUT2D eigenvalue weighted by Crippen LogP contribution is 2.11. The molecule has 144 valence electrons. The van der Waals surface area contributed by atoms with Crippen LogP contribution in [0.1, 0.15) is 23.7 Å². The summed E-state index contributed by atoms with van der Waals surface area (Å²) in [4.78, 5) is 23.2. The zero-order chi connectivity index (χ0) is 19.9. The molecule has 0 atom stereocenters. The van der Waals surface area contributed by atoms with E-state index in [1.165, 1.54) is 12.1 Å². The Morgan fingerprint density at radius 1 is 1.04 bits per heavy atom. The zero-order valence-electron chi connectivity index (χ0n) is 14.7. The molecule has 3 N–H and O–H groups in total. The summed E-state index contributed by atoms with van der Waals surface area (Å²) >= 11 is 0. The molecular weight excluding hydrogens is 373 g/mol. The summed E-state index contributed by atoms with van der Waals surface area (Å²) in [7, 11) is -3.85. The van der Waals surface area contributed by atoms with Crippen LogP contribution < -0.4 is 15.4 Å². The number of amides is 2. The Morgan fingerprint density at radius 3 is 2.37 bits per heavy atom. The fourth-order valence-electron chi connectivity index (χ4n) is 2.14. The second kappa shape index (κ2) is 9.24. The van der Waals surface area contributed by atoms with Crippen molar-refractivity contribution in [3.05, 3.63) is 59.9 Å². The van der Waals surface area contributed by atoms with Gasteiger partial charge in [-0.2, -0.15) is 0 Å². The third-order valence-electron chi connectivity index (χ3n) is 3.56. The van der Waals surface area contributed by atoms with Gasteiger partial charge in [0.15, 0.2) is 0 Å². The van der Waals surface area contributed by atoms with E-state index in [4.69, 9.17) is 0 Å². The van der Waals surface area contributed by atoms with Crippen LogP contribution in [0.2, 0.25) is 0 Å². The van der Waals surface area contributed by atoms with Gasteiger partial charge in [-0.05, 0) is 42.5 Å². The van der Waals surface area contributed by atoms with Crippen molar-refractivity contribution in [2.75, 3.05) is 18.4 Å². The van der Waals surface area contributed by atoms with E-state index in [-0.39, 0.29) is 29.8 Å². The fraction of sp³-hybridized carbons (Fsp3) is 0.222. The average molecular weight is 393 g/mol. The molecule has 0 aliphatic carbocycles. The van der Waals surface area contributed by atoms with E-state index in [1.54, 1.807) is 31.2 Å². The number of hydrogen-bond acceptors (Lipinski definition) is 4. The molecule has 0 saturated carbocycles. The van der Waals surface area contributed by atoms with Crippen molar-refractivity contribution in [3.63, 3.8) is 0 Å². The molecule has 2 aromatic carbocycles. The largest absolute Gasteiger partial charge is 0.351 e. The molecule has 0 bridgehead atoms. The monoisotopic (exact) mass is 393 g/mol. The Balaban J connectivity index is 1.83. The lowest BCUT2D eigenvalue weighted by molar-refractivity contribution is -0.115. The van der Waals surface area contributed by atoms with Gasteiger partial charge in [0, 0.05) is 30.8 Å². The molecule has 0 spiro atoms. The molecule has 0 aliphatic heterocycles. The van der Waals surface area contributed by atoms with Gasteiger partial charge in [-0.3, -0.25) is 9.59 Å². The first-order valence-corrected chi connectivity index (χ1v) is 9.73. The van der Waals surface area contributed by atoms with Crippen molar-refractivity contribution in [1.82, 2.24) is 10.0 Å². The SMILES string of the molecule is CCC(=O)Nc1ccc(C(=O)NCCNS(=O)(=O)c2cccc(F)c2)cc1. The van der Waals surface area contributed by atoms with E-state index in [0.717, 1.165) is 12.1 Å². The predicted molar refractivity (Wildman–Crippen MR) is 99.3 cm³/mol. The quantitative estimate of drug-likeness (QED) is 0.596. The van der Waals surface area contributed by atoms with Crippen LogP contribution in [0.4, 0.5) is 10.1 Å². The van der Waals surface area contributed by atoms with Gasteiger partial charge in [0.2, 0.25) is 15.9 Å². The second-order valence-corrected chi connectivity index (χ2v) is 7.36. The molecule has 2 aromatic rings. The zero-order valence-corrected chi connectivity index (χ0v) is 15.5. The van der Waals surface area contributed by atoms with E-state index in [9.17, 15) is 22.4 Å². The van der Waals surface area contributed by atoms with Crippen molar-refractivity contribution in [1.29, 1.82) is 0 Å². The Kier molecular flexibility index (Phi) is 7.03. The van der Waals surface area contributed by atoms with Gasteiger partial charge in [-0.25, -0.2) is 17.5 Å². The lowest BCUT2D eigenvalue weighted by Gasteiger charge is -2.09. The first-order valence-electron chi connectivity index (χ1n) is 8.25. The number of hydrogen-bond donors (Lipinski definition) is 3. The van der Waals surface area contributed by atoms with Crippen LogP contribution in [0.25, 0.3) is 0 Å². The van der Waals surface area contributed by atoms with Crippen LogP contribution in [0.3, 0.4) is 0 Å². The minimum absolute atomic E-state index is 0.0464. The maximum Gasteiger partial charge on any atom is 0.251 e. The number of nitrogens with one attached hydrogen (secondary N) is 3. The van der Waals surface area contributed by atoms with E-state index in [0.29, 0.717) is 17.7 Å². The molecule has 0 saturated heterocycles. The minimum atomic E-state index is -3.85. The molecule has 0 aromatic heterocycles. The highest BCUT2D eigenvalue weighted by Gasteiger charge is 2.14. The van der Waals surface area contributed by atoms with Crippen molar-refractivity contribution in [2.24, 2.45) is 0 Å². The third kappa shape index (κ3) is 6.15. The first-order chi connectivity index (χ1) is 12.8. The lowest BCUT2D eigenvalue weighted by Crippen LogP contribution is -2.34. The molecule has 2 rings (SSSR count). The summed E-state index contributed by atoms with van der Waals surface area (Å²) in [6.45, 7) is 1.75. The number of rotatable bonds is 8. The van der Waals surface area contributed by atoms with E-state index < -0.39 is 15.8 Å². The predicted octanol–water partition coefficient (Wildman–Crippen LogP) is 1.88. The topological polar surface area (TPSA) is 104 Å². The van der Waals surface area contributed by atoms with Crippen molar-refractivity contribution in [2.45, 2.75) is 18.2 Å². The molecular formula is C18H20FN3O4S. The molecule has 0 unspecified atom stereocenters. The molecule has 0 heterocycles. The maximum atomic E-state index is 13.1. The number of anilines is 1. The van der Waals surface area contributed by atoms with Crippen molar-refractivity contribution >= 4 is 27.5 Å². The fourth-order valence-corrected chi connectivity index (χ4v) is 3.20. The van der Waals surface area contributed by atoms with E-state index in [1.807, 2.05) is 0 Å². The Labute approximate surface area is 157 Å². The van der Waals surface area contributed by atoms with Crippen molar-refractivity contribution in [3.8, 4) is 0 Å². The van der Waals surface area contributed by atoms with Crippen LogP contribution in [-0.4, -0.2) is 33.3 Å². The van der Waals surface area contributed by atoms with Gasteiger partial charge >= 0.3 is 0 Å². The molecule has 2 amide bonds. The Hall–Kier alpha value is -2.78. The van der Waals surface area contributed by atoms with Crippen LogP contribution in [0, 0.1) is 5.82 Å². The smallest absolute Gasteiger partial charge is 0.251 e. The molecule has 27 heavy (non-hydrogen) atoms. The van der Waals surface area contributed by atoms with Crippen LogP contribution >= 0.6 is 0 Å². The van der Waals surface area contributed by atoms with Gasteiger partial charge in [0.1, 0.15) is 5.82 Å². The second-order valence-electron chi connectivity index (χ2n) is 5.59. The summed E-state index contributed by atoms with van der Waals surface area (Å²) in [5.41, 5.74) is 0.957. The first kappa shape index (κ1) is 20.5. The highest BCUT2D eigenvalue weighted by atomic mass is 32.2. The standard InChI is InChI=1S/C18H20FN3O4S/c1-2-17(23)22-15-8-6-13(7-9-15)18(24)20-10-11-21-27(25,26)16-5-3-4-14(19)12-16/h3-9,12,21H,2,10-11H2,1H3,(H,20,24)(H,22,23). The Bertz CT molecular complexity index is 914. The number of benzene rings is 2. The van der Waals surface area contributed by atoms with Gasteiger partial charge in [-0.1, -0.05) is 13.0 Å². The van der Waals surface area contributed by atoms with Gasteiger partial charge in [0.05, 0.1) is 4.90 Å². The number of carbonyl (C=O) groups is 2. The minimum Gasteiger partial charge on any atom is -0.351 e. The van der Waals surface area contributed by atoms with Gasteiger partial charge in [-0.15, -0.1) is 0 Å². The normalized spacial score (nSPS) is 11.0. The summed E-state index contributed by atoms with van der Waals surface area (Å²) in [6.07, 6.45) is 0.355. The summed E-state index contributed by atoms with van der Waals surface area (Å²) < 4.78 is 39.5. The van der Waals surface area contributed by atoms with E-state index in [2.05, 4.69) is 15.4 Å². The van der Waals surface area contributed by atoms with Gasteiger partial charge < -0.3 is 10.6 Å². The molecule has 0 aliphatic rings. The molecule has 0 fully saturated rings. The third-order valence-corrected chi connectivity index (χ3v) is 5.02. The van der Waals surface area contributed by atoms with E-state index >= 15 is 0 Å². The summed E-state index contributed by atoms with van der Waals surface area (Å²) in [5, 5.41) is 5.25. The van der Waals surface area contributed by atoms with Crippen molar-refractivity contribution < 1.29 is 22.4 Å². The maximum absolute atomic E-state index is 13.1. The van der Waals surface area contributed by atoms with Gasteiger partial charge in [0.25, 0.3) is 5.91 Å². The number of sulfonamides is 1. The van der Waals surface area contributed by atoms with Crippen LogP contribution in [0.5, 0.6) is 0 Å². The molecule has 0 radical (unpaired) electrons. The van der Waals surface area contributed by atoms with Crippen LogP contribution in [-0.2, 0) is 14.8 Å². The summed E-state index contributed by atoms with van der Waals surface area (Å²) in [6, 6.07) is 11.0. The lowest BCUT2D eigenvalue weighted by atomic mass is 10.2. The average Bonchev–Trinajstić information content (AvgIpc) is 2.65. The van der Waals surface area contributed by atoms with Crippen LogP contribution in [0.15, 0.2) is 53.4 Å². The highest BCUT2D eigenvalue weighted by molar-refractivity contribution is 7.89. The number of halogens is 1. The summed E-state index contributed by atoms with van der Waals surface area (Å²) in [5.74, 6) is -1.16.